The lowest BCUT2D eigenvalue weighted by Gasteiger charge is -2.42. The molecule has 4 heteroatoms. The zero-order valence-electron chi connectivity index (χ0n) is 13.9. The summed E-state index contributed by atoms with van der Waals surface area (Å²) in [4.78, 5) is 6.95. The van der Waals surface area contributed by atoms with Gasteiger partial charge in [0.15, 0.2) is 0 Å². The molecular weight excluding hydrogens is 306 g/mol. The van der Waals surface area contributed by atoms with E-state index in [0.29, 0.717) is 6.04 Å². The average Bonchev–Trinajstić information content (AvgIpc) is 2.52. The SMILES string of the molecule is CC1(C)CN(Cc2cccc(-c3ccccn3)c2)CCC1N.Cl. The highest BCUT2D eigenvalue weighted by atomic mass is 35.5. The lowest BCUT2D eigenvalue weighted by atomic mass is 9.79. The monoisotopic (exact) mass is 331 g/mol. The number of piperidine rings is 1. The molecule has 1 aromatic carbocycles. The van der Waals surface area contributed by atoms with Gasteiger partial charge >= 0.3 is 0 Å². The molecule has 0 bridgehead atoms. The molecule has 0 saturated carbocycles. The van der Waals surface area contributed by atoms with Gasteiger partial charge in [-0.3, -0.25) is 9.88 Å². The molecule has 1 aliphatic rings. The second kappa shape index (κ2) is 7.43. The van der Waals surface area contributed by atoms with Gasteiger partial charge in [-0.25, -0.2) is 0 Å². The minimum absolute atomic E-state index is 0. The van der Waals surface area contributed by atoms with Crippen molar-refractivity contribution < 1.29 is 0 Å². The van der Waals surface area contributed by atoms with Crippen LogP contribution in [-0.4, -0.2) is 29.0 Å². The smallest absolute Gasteiger partial charge is 0.0702 e. The summed E-state index contributed by atoms with van der Waals surface area (Å²) in [6, 6.07) is 15.1. The fraction of sp³-hybridized carbons (Fsp3) is 0.421. The van der Waals surface area contributed by atoms with Crippen molar-refractivity contribution in [3.63, 3.8) is 0 Å². The molecule has 1 saturated heterocycles. The van der Waals surface area contributed by atoms with Crippen LogP contribution in [0.15, 0.2) is 48.7 Å². The minimum Gasteiger partial charge on any atom is -0.327 e. The summed E-state index contributed by atoms with van der Waals surface area (Å²) < 4.78 is 0. The third-order valence-corrected chi connectivity index (χ3v) is 4.69. The molecule has 1 aliphatic heterocycles. The summed E-state index contributed by atoms with van der Waals surface area (Å²) >= 11 is 0. The van der Waals surface area contributed by atoms with Gasteiger partial charge in [0.05, 0.1) is 5.69 Å². The summed E-state index contributed by atoms with van der Waals surface area (Å²) in [6.45, 7) is 7.67. The van der Waals surface area contributed by atoms with E-state index in [2.05, 4.69) is 54.1 Å². The van der Waals surface area contributed by atoms with Crippen LogP contribution >= 0.6 is 12.4 Å². The van der Waals surface area contributed by atoms with Crippen LogP contribution in [0.2, 0.25) is 0 Å². The number of nitrogens with zero attached hydrogens (tertiary/aromatic N) is 2. The van der Waals surface area contributed by atoms with E-state index in [1.54, 1.807) is 0 Å². The van der Waals surface area contributed by atoms with Crippen molar-refractivity contribution >= 4 is 12.4 Å². The molecule has 2 heterocycles. The molecule has 2 aromatic rings. The van der Waals surface area contributed by atoms with Gasteiger partial charge < -0.3 is 5.73 Å². The van der Waals surface area contributed by atoms with Gasteiger partial charge in [-0.05, 0) is 35.6 Å². The largest absolute Gasteiger partial charge is 0.327 e. The summed E-state index contributed by atoms with van der Waals surface area (Å²) in [5, 5.41) is 0. The van der Waals surface area contributed by atoms with Crippen molar-refractivity contribution in [3.8, 4) is 11.3 Å². The van der Waals surface area contributed by atoms with Gasteiger partial charge in [0.1, 0.15) is 0 Å². The summed E-state index contributed by atoms with van der Waals surface area (Å²) in [5.74, 6) is 0. The Hall–Kier alpha value is -1.42. The van der Waals surface area contributed by atoms with Crippen LogP contribution in [0.3, 0.4) is 0 Å². The fourth-order valence-electron chi connectivity index (χ4n) is 3.24. The first-order valence-corrected chi connectivity index (χ1v) is 8.03. The summed E-state index contributed by atoms with van der Waals surface area (Å²) in [5.41, 5.74) is 9.99. The molecule has 124 valence electrons. The van der Waals surface area contributed by atoms with Crippen LogP contribution in [0, 0.1) is 5.41 Å². The number of hydrogen-bond acceptors (Lipinski definition) is 3. The van der Waals surface area contributed by atoms with Gasteiger partial charge in [0.25, 0.3) is 0 Å². The molecule has 23 heavy (non-hydrogen) atoms. The maximum atomic E-state index is 6.23. The minimum atomic E-state index is 0. The van der Waals surface area contributed by atoms with Crippen LogP contribution in [0.4, 0.5) is 0 Å². The van der Waals surface area contributed by atoms with E-state index in [1.165, 1.54) is 11.1 Å². The molecule has 2 N–H and O–H groups in total. The Morgan fingerprint density at radius 1 is 1.22 bits per heavy atom. The Bertz CT molecular complexity index is 628. The quantitative estimate of drug-likeness (QED) is 0.931. The predicted molar refractivity (Wildman–Crippen MR) is 98.6 cm³/mol. The Morgan fingerprint density at radius 2 is 2.04 bits per heavy atom. The highest BCUT2D eigenvalue weighted by molar-refractivity contribution is 5.85. The first-order valence-electron chi connectivity index (χ1n) is 8.03. The van der Waals surface area contributed by atoms with Crippen LogP contribution < -0.4 is 5.73 Å². The van der Waals surface area contributed by atoms with E-state index in [0.717, 1.165) is 31.7 Å². The van der Waals surface area contributed by atoms with E-state index < -0.39 is 0 Å². The van der Waals surface area contributed by atoms with Crippen LogP contribution in [0.25, 0.3) is 11.3 Å². The van der Waals surface area contributed by atoms with E-state index in [-0.39, 0.29) is 17.8 Å². The zero-order valence-corrected chi connectivity index (χ0v) is 14.7. The highest BCUT2D eigenvalue weighted by Gasteiger charge is 2.33. The van der Waals surface area contributed by atoms with Crippen molar-refractivity contribution in [1.29, 1.82) is 0 Å². The Morgan fingerprint density at radius 3 is 2.74 bits per heavy atom. The van der Waals surface area contributed by atoms with Crippen molar-refractivity contribution in [2.75, 3.05) is 13.1 Å². The molecular formula is C19H26ClN3. The number of rotatable bonds is 3. The summed E-state index contributed by atoms with van der Waals surface area (Å²) in [6.07, 6.45) is 2.92. The van der Waals surface area contributed by atoms with Crippen LogP contribution in [0.1, 0.15) is 25.8 Å². The van der Waals surface area contributed by atoms with Gasteiger partial charge in [-0.1, -0.05) is 38.1 Å². The number of nitrogens with two attached hydrogens (primary N) is 1. The number of benzene rings is 1. The number of halogens is 1. The lowest BCUT2D eigenvalue weighted by molar-refractivity contribution is 0.0899. The normalized spacial score (nSPS) is 20.7. The van der Waals surface area contributed by atoms with Gasteiger partial charge in [-0.15, -0.1) is 12.4 Å². The van der Waals surface area contributed by atoms with Crippen molar-refractivity contribution in [2.45, 2.75) is 32.9 Å². The Labute approximate surface area is 145 Å². The van der Waals surface area contributed by atoms with Gasteiger partial charge in [0, 0.05) is 37.4 Å². The number of likely N-dealkylation sites (tertiary alicyclic amines) is 1. The third kappa shape index (κ3) is 4.31. The zero-order chi connectivity index (χ0) is 15.6. The fourth-order valence-corrected chi connectivity index (χ4v) is 3.24. The predicted octanol–water partition coefficient (Wildman–Crippen LogP) is 3.73. The van der Waals surface area contributed by atoms with Crippen molar-refractivity contribution in [1.82, 2.24) is 9.88 Å². The Balaban J connectivity index is 0.00000192. The summed E-state index contributed by atoms with van der Waals surface area (Å²) in [7, 11) is 0. The van der Waals surface area contributed by atoms with E-state index in [4.69, 9.17) is 5.73 Å². The molecule has 3 nitrogen and oxygen atoms in total. The molecule has 1 aromatic heterocycles. The second-order valence-electron chi connectivity index (χ2n) is 7.01. The first kappa shape index (κ1) is 17.9. The standard InChI is InChI=1S/C19H25N3.ClH/c1-19(2)14-22(11-9-18(19)20)13-15-6-5-7-16(12-15)17-8-3-4-10-21-17;/h3-8,10,12,18H,9,11,13-14,20H2,1-2H3;1H. The van der Waals surface area contributed by atoms with Crippen LogP contribution in [0.5, 0.6) is 0 Å². The van der Waals surface area contributed by atoms with E-state index >= 15 is 0 Å². The molecule has 0 aliphatic carbocycles. The van der Waals surface area contributed by atoms with E-state index in [9.17, 15) is 0 Å². The van der Waals surface area contributed by atoms with Gasteiger partial charge in [-0.2, -0.15) is 0 Å². The number of aromatic nitrogens is 1. The maximum absolute atomic E-state index is 6.23. The molecule has 3 rings (SSSR count). The first-order chi connectivity index (χ1) is 10.5. The number of pyridine rings is 1. The Kier molecular flexibility index (Phi) is 5.79. The average molecular weight is 332 g/mol. The molecule has 0 radical (unpaired) electrons. The molecule has 1 fully saturated rings. The highest BCUT2D eigenvalue weighted by Crippen LogP contribution is 2.29. The third-order valence-electron chi connectivity index (χ3n) is 4.69. The van der Waals surface area contributed by atoms with E-state index in [1.807, 2.05) is 18.3 Å². The lowest BCUT2D eigenvalue weighted by Crippen LogP contribution is -2.52. The second-order valence-corrected chi connectivity index (χ2v) is 7.01. The van der Waals surface area contributed by atoms with Crippen molar-refractivity contribution in [2.24, 2.45) is 11.1 Å². The maximum Gasteiger partial charge on any atom is 0.0702 e. The molecule has 1 atom stereocenters. The molecule has 0 amide bonds. The molecule has 1 unspecified atom stereocenters. The number of hydrogen-bond donors (Lipinski definition) is 1. The topological polar surface area (TPSA) is 42.2 Å². The molecule has 0 spiro atoms. The van der Waals surface area contributed by atoms with Crippen molar-refractivity contribution in [3.05, 3.63) is 54.2 Å². The van der Waals surface area contributed by atoms with Crippen LogP contribution in [-0.2, 0) is 6.54 Å². The van der Waals surface area contributed by atoms with Gasteiger partial charge in [0.2, 0.25) is 0 Å².